The van der Waals surface area contributed by atoms with Crippen LogP contribution in [0.3, 0.4) is 0 Å². The Kier molecular flexibility index (Phi) is 6.81. The summed E-state index contributed by atoms with van der Waals surface area (Å²) in [6, 6.07) is 13.8. The first kappa shape index (κ1) is 18.0. The Balaban J connectivity index is 1.94. The minimum Gasteiger partial charge on any atom is -0.494 e. The number of amides is 2. The summed E-state index contributed by atoms with van der Waals surface area (Å²) in [6.07, 6.45) is 2.00. The van der Waals surface area contributed by atoms with Gasteiger partial charge in [-0.05, 0) is 52.7 Å². The van der Waals surface area contributed by atoms with Crippen LogP contribution in [0, 0.1) is 0 Å². The van der Waals surface area contributed by atoms with Gasteiger partial charge in [-0.2, -0.15) is 0 Å². The van der Waals surface area contributed by atoms with Gasteiger partial charge in [0.2, 0.25) is 0 Å². The molecular weight excluding hydrogens is 372 g/mol. The van der Waals surface area contributed by atoms with Crippen LogP contribution in [0.25, 0.3) is 0 Å². The largest absolute Gasteiger partial charge is 0.494 e. The summed E-state index contributed by atoms with van der Waals surface area (Å²) in [4.78, 5) is 24.2. The van der Waals surface area contributed by atoms with E-state index in [1.807, 2.05) is 6.07 Å². The summed E-state index contributed by atoms with van der Waals surface area (Å²) in [5, 5.41) is 0. The number of nitrogens with one attached hydrogen (secondary N) is 2. The number of benzene rings is 2. The molecule has 0 aliphatic carbocycles. The Bertz CT molecular complexity index is 719. The molecule has 2 aromatic carbocycles. The number of carbonyl (C=O) groups excluding carboxylic acids is 2. The highest BCUT2D eigenvalue weighted by molar-refractivity contribution is 9.10. The number of hydrazine groups is 1. The third-order valence-electron chi connectivity index (χ3n) is 3.27. The molecule has 0 saturated heterocycles. The molecule has 0 aromatic heterocycles. The summed E-state index contributed by atoms with van der Waals surface area (Å²) in [5.41, 5.74) is 5.66. The molecule has 24 heavy (non-hydrogen) atoms. The van der Waals surface area contributed by atoms with Crippen molar-refractivity contribution >= 4 is 27.7 Å². The number of rotatable bonds is 6. The van der Waals surface area contributed by atoms with E-state index in [0.717, 1.165) is 12.8 Å². The maximum atomic E-state index is 12.2. The maximum absolute atomic E-state index is 12.2. The van der Waals surface area contributed by atoms with Gasteiger partial charge in [-0.1, -0.05) is 31.5 Å². The number of carbonyl (C=O) groups is 2. The molecular formula is C18H19BrN2O3. The number of unbranched alkanes of at least 4 members (excludes halogenated alkanes) is 1. The van der Waals surface area contributed by atoms with Crippen molar-refractivity contribution in [1.82, 2.24) is 10.9 Å². The van der Waals surface area contributed by atoms with Gasteiger partial charge >= 0.3 is 0 Å². The molecule has 0 unspecified atom stereocenters. The van der Waals surface area contributed by atoms with Crippen molar-refractivity contribution in [2.75, 3.05) is 6.61 Å². The van der Waals surface area contributed by atoms with Crippen molar-refractivity contribution in [1.29, 1.82) is 0 Å². The van der Waals surface area contributed by atoms with E-state index in [9.17, 15) is 9.59 Å². The summed E-state index contributed by atoms with van der Waals surface area (Å²) < 4.78 is 6.23. The zero-order valence-electron chi connectivity index (χ0n) is 13.3. The Labute approximate surface area is 149 Å². The van der Waals surface area contributed by atoms with Gasteiger partial charge in [0.05, 0.1) is 12.2 Å². The number of ether oxygens (including phenoxy) is 1. The predicted octanol–water partition coefficient (Wildman–Crippen LogP) is 3.70. The minimum atomic E-state index is -0.406. The molecule has 5 nitrogen and oxygen atoms in total. The molecule has 6 heteroatoms. The van der Waals surface area contributed by atoms with Crippen LogP contribution in [0.4, 0.5) is 0 Å². The monoisotopic (exact) mass is 390 g/mol. The second-order valence-electron chi connectivity index (χ2n) is 5.12. The zero-order chi connectivity index (χ0) is 17.4. The number of hydrogen-bond acceptors (Lipinski definition) is 3. The lowest BCUT2D eigenvalue weighted by Crippen LogP contribution is -2.41. The zero-order valence-corrected chi connectivity index (χ0v) is 14.9. The fraction of sp³-hybridized carbons (Fsp3) is 0.222. The molecule has 2 rings (SSSR count). The normalized spacial score (nSPS) is 10.1. The minimum absolute atomic E-state index is 0.397. The number of hydrogen-bond donors (Lipinski definition) is 2. The van der Waals surface area contributed by atoms with Gasteiger partial charge in [0.1, 0.15) is 5.75 Å². The van der Waals surface area contributed by atoms with Crippen LogP contribution in [-0.2, 0) is 0 Å². The van der Waals surface area contributed by atoms with E-state index in [4.69, 9.17) is 4.74 Å². The average Bonchev–Trinajstić information content (AvgIpc) is 2.60. The van der Waals surface area contributed by atoms with E-state index in [1.54, 1.807) is 42.5 Å². The fourth-order valence-corrected chi connectivity index (χ4v) is 2.42. The van der Waals surface area contributed by atoms with Crippen molar-refractivity contribution in [2.24, 2.45) is 0 Å². The molecule has 0 heterocycles. The van der Waals surface area contributed by atoms with Crippen LogP contribution in [0.15, 0.2) is 53.0 Å². The first-order chi connectivity index (χ1) is 11.6. The molecule has 0 spiro atoms. The summed E-state index contributed by atoms with van der Waals surface area (Å²) in [6.45, 7) is 2.70. The third-order valence-corrected chi connectivity index (χ3v) is 3.96. The Morgan fingerprint density at radius 1 is 1.04 bits per heavy atom. The Morgan fingerprint density at radius 3 is 2.54 bits per heavy atom. The van der Waals surface area contributed by atoms with Crippen LogP contribution in [-0.4, -0.2) is 18.4 Å². The van der Waals surface area contributed by atoms with Gasteiger partial charge in [0, 0.05) is 10.0 Å². The lowest BCUT2D eigenvalue weighted by Gasteiger charge is -2.10. The molecule has 126 valence electrons. The standard InChI is InChI=1S/C18H19BrN2O3/c1-2-3-11-24-14-8-6-7-13(12-14)17(22)20-21-18(23)15-9-4-5-10-16(15)19/h4-10,12H,2-3,11H2,1H3,(H,20,22)(H,21,23). The van der Waals surface area contributed by atoms with Gasteiger partial charge in [-0.15, -0.1) is 0 Å². The molecule has 0 fully saturated rings. The van der Waals surface area contributed by atoms with Gasteiger partial charge in [-0.3, -0.25) is 20.4 Å². The second kappa shape index (κ2) is 9.08. The van der Waals surface area contributed by atoms with Gasteiger partial charge in [-0.25, -0.2) is 0 Å². The Hall–Kier alpha value is -2.34. The molecule has 0 saturated carbocycles. The second-order valence-corrected chi connectivity index (χ2v) is 5.97. The van der Waals surface area contributed by atoms with Crippen molar-refractivity contribution < 1.29 is 14.3 Å². The van der Waals surface area contributed by atoms with Crippen LogP contribution >= 0.6 is 15.9 Å². The topological polar surface area (TPSA) is 67.4 Å². The van der Waals surface area contributed by atoms with Crippen molar-refractivity contribution in [3.63, 3.8) is 0 Å². The van der Waals surface area contributed by atoms with Crippen molar-refractivity contribution in [3.8, 4) is 5.75 Å². The van der Waals surface area contributed by atoms with Crippen LogP contribution < -0.4 is 15.6 Å². The molecule has 0 aliphatic heterocycles. The molecule has 2 N–H and O–H groups in total. The van der Waals surface area contributed by atoms with E-state index < -0.39 is 11.8 Å². The van der Waals surface area contributed by atoms with E-state index in [-0.39, 0.29) is 0 Å². The van der Waals surface area contributed by atoms with Gasteiger partial charge < -0.3 is 4.74 Å². The molecule has 2 aromatic rings. The first-order valence-corrected chi connectivity index (χ1v) is 8.49. The Morgan fingerprint density at radius 2 is 1.79 bits per heavy atom. The van der Waals surface area contributed by atoms with E-state index in [0.29, 0.717) is 28.0 Å². The average molecular weight is 391 g/mol. The summed E-state index contributed by atoms with van der Waals surface area (Å²) >= 11 is 3.30. The highest BCUT2D eigenvalue weighted by Crippen LogP contribution is 2.16. The summed E-state index contributed by atoms with van der Waals surface area (Å²) in [7, 11) is 0. The smallest absolute Gasteiger partial charge is 0.270 e. The molecule has 0 bridgehead atoms. The third kappa shape index (κ3) is 5.09. The predicted molar refractivity (Wildman–Crippen MR) is 95.9 cm³/mol. The molecule has 2 amide bonds. The van der Waals surface area contributed by atoms with E-state index in [1.165, 1.54) is 0 Å². The van der Waals surface area contributed by atoms with Crippen molar-refractivity contribution in [3.05, 3.63) is 64.1 Å². The van der Waals surface area contributed by atoms with E-state index >= 15 is 0 Å². The SMILES string of the molecule is CCCCOc1cccc(C(=O)NNC(=O)c2ccccc2Br)c1. The van der Waals surface area contributed by atoms with Crippen LogP contribution in [0.2, 0.25) is 0 Å². The quantitative estimate of drug-likeness (QED) is 0.583. The highest BCUT2D eigenvalue weighted by Gasteiger charge is 2.11. The maximum Gasteiger partial charge on any atom is 0.270 e. The number of halogens is 1. The van der Waals surface area contributed by atoms with Crippen LogP contribution in [0.1, 0.15) is 40.5 Å². The van der Waals surface area contributed by atoms with Crippen LogP contribution in [0.5, 0.6) is 5.75 Å². The highest BCUT2D eigenvalue weighted by atomic mass is 79.9. The summed E-state index contributed by atoms with van der Waals surface area (Å²) in [5.74, 6) is -0.171. The first-order valence-electron chi connectivity index (χ1n) is 7.70. The lowest BCUT2D eigenvalue weighted by molar-refractivity contribution is 0.0846. The van der Waals surface area contributed by atoms with Gasteiger partial charge in [0.15, 0.2) is 0 Å². The fourth-order valence-electron chi connectivity index (χ4n) is 1.96. The molecule has 0 atom stereocenters. The van der Waals surface area contributed by atoms with E-state index in [2.05, 4.69) is 33.7 Å². The molecule has 0 radical (unpaired) electrons. The van der Waals surface area contributed by atoms with Crippen molar-refractivity contribution in [2.45, 2.75) is 19.8 Å². The van der Waals surface area contributed by atoms with Gasteiger partial charge in [0.25, 0.3) is 11.8 Å². The lowest BCUT2D eigenvalue weighted by atomic mass is 10.2. The molecule has 0 aliphatic rings.